The molecule has 2 atom stereocenters. The third kappa shape index (κ3) is 7.92. The van der Waals surface area contributed by atoms with Gasteiger partial charge < -0.3 is 0 Å². The summed E-state index contributed by atoms with van der Waals surface area (Å²) in [7, 11) is 19.8. The molecule has 10 aliphatic rings. The Balaban J connectivity index is 1.06. The Morgan fingerprint density at radius 1 is 0.392 bits per heavy atom. The molecule has 0 amide bonds. The standard InChI is InChI=1S/2C34H35.C2H7Si.2ClH.Zr/c2*1-22-3-7-28(8-4-22)30-11-12-31(29-9-5-23(2)6-10-29)33-17-27(16-32(30)33)21-34-18-24-13-25(19-34)15-26(14-24)20-34;1-3-2;;;/h2*3-12,16-17,24-26H,13-15,18-21H2,1-2H3;3H,1-2H3;2*1H;/q;;;;;+2/p-2. The van der Waals surface area contributed by atoms with Crippen LogP contribution in [0, 0.1) is 74.0 Å². The van der Waals surface area contributed by atoms with Crippen molar-refractivity contribution in [1.29, 1.82) is 0 Å². The Morgan fingerprint density at radius 2 is 0.649 bits per heavy atom. The van der Waals surface area contributed by atoms with Crippen molar-refractivity contribution < 1.29 is 15.6 Å². The topological polar surface area (TPSA) is 0 Å². The Bertz CT molecular complexity index is 2990. The van der Waals surface area contributed by atoms with Crippen molar-refractivity contribution in [2.45, 2.75) is 138 Å². The van der Waals surface area contributed by atoms with Crippen LogP contribution in [0.3, 0.4) is 0 Å². The molecule has 0 aliphatic heterocycles. The van der Waals surface area contributed by atoms with E-state index >= 15 is 0 Å². The van der Waals surface area contributed by atoms with Gasteiger partial charge in [0.05, 0.1) is 0 Å². The van der Waals surface area contributed by atoms with Crippen LogP contribution in [0.25, 0.3) is 56.7 Å². The molecule has 4 heteroatoms. The minimum atomic E-state index is -5.57. The van der Waals surface area contributed by atoms with Gasteiger partial charge in [0.2, 0.25) is 0 Å². The van der Waals surface area contributed by atoms with E-state index in [1.165, 1.54) is 166 Å². The van der Waals surface area contributed by atoms with E-state index in [2.05, 4.69) is 174 Å². The molecule has 0 heterocycles. The van der Waals surface area contributed by atoms with Crippen molar-refractivity contribution in [3.8, 4) is 44.5 Å². The van der Waals surface area contributed by atoms with Crippen molar-refractivity contribution in [3.63, 3.8) is 0 Å². The molecule has 0 nitrogen and oxygen atoms in total. The fourth-order valence-electron chi connectivity index (χ4n) is 19.3. The minimum absolute atomic E-state index is 0.000702. The second-order valence-corrected chi connectivity index (χ2v) is 69.8. The maximum atomic E-state index is 9.92. The molecule has 8 bridgehead atoms. The monoisotopic (exact) mass is 1110 g/mol. The van der Waals surface area contributed by atoms with Gasteiger partial charge in [-0.05, 0) is 0 Å². The van der Waals surface area contributed by atoms with Crippen molar-refractivity contribution in [2.24, 2.45) is 46.3 Å². The molecule has 0 saturated heterocycles. The van der Waals surface area contributed by atoms with Gasteiger partial charge in [0, 0.05) is 0 Å². The summed E-state index contributed by atoms with van der Waals surface area (Å²) < 4.78 is 0.00140. The van der Waals surface area contributed by atoms with E-state index in [9.17, 15) is 17.0 Å². The van der Waals surface area contributed by atoms with E-state index < -0.39 is 21.5 Å². The van der Waals surface area contributed by atoms with Gasteiger partial charge in [0.15, 0.2) is 0 Å². The number of allylic oxidation sites excluding steroid dienone is 2. The van der Waals surface area contributed by atoms with E-state index in [1.807, 2.05) is 0 Å². The molecule has 8 fully saturated rings. The number of halogens is 2. The van der Waals surface area contributed by atoms with Gasteiger partial charge in [0.1, 0.15) is 0 Å². The quantitative estimate of drug-likeness (QED) is 0.113. The number of fused-ring (bicyclic) bond motifs is 2. The zero-order valence-electron chi connectivity index (χ0n) is 45.1. The normalized spacial score (nSPS) is 30.6. The van der Waals surface area contributed by atoms with Crippen LogP contribution in [0.5, 0.6) is 0 Å². The molecule has 6 aromatic rings. The fourth-order valence-corrected chi connectivity index (χ4v) is 50.4. The molecule has 0 aromatic heterocycles. The molecule has 10 aliphatic carbocycles. The molecule has 379 valence electrons. The molecule has 6 aromatic carbocycles. The molecular weight excluding hydrogens is 1030 g/mol. The predicted octanol–water partition coefficient (Wildman–Crippen LogP) is 20.4. The summed E-state index contributed by atoms with van der Waals surface area (Å²) in [5.74, 6) is 3.26. The fraction of sp³-hybridized carbons (Fsp3) is 0.429. The van der Waals surface area contributed by atoms with E-state index in [0.29, 0.717) is 10.8 Å². The Labute approximate surface area is 452 Å². The molecule has 0 spiro atoms. The number of hydrogen-bond donors (Lipinski definition) is 0. The van der Waals surface area contributed by atoms with Gasteiger partial charge in [-0.1, -0.05) is 0 Å². The summed E-state index contributed by atoms with van der Waals surface area (Å²) in [5, 5.41) is 0. The van der Waals surface area contributed by atoms with Crippen molar-refractivity contribution in [1.82, 2.24) is 0 Å². The average molecular weight is 1110 g/mol. The first-order valence-electron chi connectivity index (χ1n) is 29.2. The molecule has 74 heavy (non-hydrogen) atoms. The van der Waals surface area contributed by atoms with Crippen LogP contribution < -0.4 is 0 Å². The van der Waals surface area contributed by atoms with Gasteiger partial charge >= 0.3 is 456 Å². The first kappa shape index (κ1) is 48.8. The van der Waals surface area contributed by atoms with Crippen LogP contribution in [0.15, 0.2) is 132 Å². The zero-order valence-corrected chi connectivity index (χ0v) is 50.2. The first-order valence-corrected chi connectivity index (χ1v) is 45.5. The van der Waals surface area contributed by atoms with Crippen LogP contribution in [0.2, 0.25) is 13.1 Å². The van der Waals surface area contributed by atoms with Gasteiger partial charge in [0.25, 0.3) is 0 Å². The van der Waals surface area contributed by atoms with Crippen LogP contribution in [0.4, 0.5) is 0 Å². The molecule has 0 radical (unpaired) electrons. The Morgan fingerprint density at radius 3 is 0.919 bits per heavy atom. The molecule has 8 saturated carbocycles. The molecule has 0 N–H and O–H groups in total. The maximum absolute atomic E-state index is 9.92. The van der Waals surface area contributed by atoms with Gasteiger partial charge in [-0.25, -0.2) is 0 Å². The molecule has 16 rings (SSSR count). The van der Waals surface area contributed by atoms with Crippen LogP contribution in [0.1, 0.15) is 142 Å². The zero-order chi connectivity index (χ0) is 50.5. The summed E-state index contributed by atoms with van der Waals surface area (Å²) in [6.07, 6.45) is 24.8. The van der Waals surface area contributed by atoms with E-state index in [4.69, 9.17) is 0 Å². The second-order valence-electron chi connectivity index (χ2n) is 27.3. The second kappa shape index (κ2) is 17.8. The van der Waals surface area contributed by atoms with E-state index in [0.717, 1.165) is 48.3 Å². The van der Waals surface area contributed by atoms with E-state index in [-0.39, 0.29) is 7.25 Å². The average Bonchev–Trinajstić information content (AvgIpc) is 3.94. The van der Waals surface area contributed by atoms with Gasteiger partial charge in [-0.15, -0.1) is 0 Å². The Kier molecular flexibility index (Phi) is 11.7. The predicted molar refractivity (Wildman–Crippen MR) is 316 cm³/mol. The SMILES string of the molecule is Cc1ccc(-c2ccc(-c3ccc(C)cc3)c3c2C=C(CC24CC5CC(CC(C5)C2)C4)[CH]3[Zr]([Cl])([Cl])([CH]2C(CC34CC5CC(CC(C5)C3)C4)=Cc3c(-c4ccc(C)cc4)ccc(-c4ccc(C)cc4)c32)[SiH](C)C)cc1. The first-order chi connectivity index (χ1) is 35.6. The Hall–Kier alpha value is -3.52. The summed E-state index contributed by atoms with van der Waals surface area (Å²) in [6.45, 7) is 14.2. The van der Waals surface area contributed by atoms with Gasteiger partial charge in [-0.3, -0.25) is 0 Å². The molecule has 2 unspecified atom stereocenters. The van der Waals surface area contributed by atoms with E-state index in [1.54, 1.807) is 11.1 Å². The van der Waals surface area contributed by atoms with Crippen molar-refractivity contribution in [3.05, 3.63) is 177 Å². The van der Waals surface area contributed by atoms with Crippen molar-refractivity contribution in [2.75, 3.05) is 0 Å². The van der Waals surface area contributed by atoms with Gasteiger partial charge in [-0.2, -0.15) is 0 Å². The summed E-state index contributed by atoms with van der Waals surface area (Å²) >= 11 is -5.57. The molecular formula is C70H77Cl2SiZr. The number of hydrogen-bond acceptors (Lipinski definition) is 0. The number of benzene rings is 6. The summed E-state index contributed by atoms with van der Waals surface area (Å²) in [6, 6.07) is 47.6. The summed E-state index contributed by atoms with van der Waals surface area (Å²) in [4.78, 5) is 0. The van der Waals surface area contributed by atoms with Crippen LogP contribution in [-0.2, 0) is 15.6 Å². The number of aryl methyl sites for hydroxylation is 4. The third-order valence-corrected chi connectivity index (χ3v) is 73.4. The van der Waals surface area contributed by atoms with Crippen LogP contribution >= 0.6 is 17.0 Å². The van der Waals surface area contributed by atoms with Crippen LogP contribution in [-0.4, -0.2) is 5.92 Å². The van der Waals surface area contributed by atoms with Crippen molar-refractivity contribution >= 4 is 35.1 Å². The summed E-state index contributed by atoms with van der Waals surface area (Å²) in [5.41, 5.74) is 25.4. The number of rotatable bonds is 11. The third-order valence-electron chi connectivity index (χ3n) is 21.7.